The number of anilines is 1. The molecule has 0 saturated carbocycles. The first-order valence-electron chi connectivity index (χ1n) is 8.64. The van der Waals surface area contributed by atoms with Crippen LogP contribution < -0.4 is 4.90 Å². The molecule has 0 bridgehead atoms. The molecule has 3 aromatic rings. The Labute approximate surface area is 151 Å². The third kappa shape index (κ3) is 3.18. The average molecular weight is 357 g/mol. The second-order valence-corrected chi connectivity index (χ2v) is 7.47. The highest BCUT2D eigenvalue weighted by Gasteiger charge is 2.25. The molecule has 6 nitrogen and oxygen atoms in total. The standard InChI is InChI=1S/C18H21ClN6/c1-12-7-13(2)9-24(8-12)17-16-18(21-11-20-17)25(23-22-16)10-14-5-3-4-6-15(14)19/h3-6,11-13H,7-10H2,1-2H3/t12-,13-/m0/s1. The molecule has 0 spiro atoms. The highest BCUT2D eigenvalue weighted by molar-refractivity contribution is 6.31. The van der Waals surface area contributed by atoms with E-state index in [1.165, 1.54) is 6.42 Å². The fourth-order valence-corrected chi connectivity index (χ4v) is 3.94. The number of benzene rings is 1. The van der Waals surface area contributed by atoms with Gasteiger partial charge in [-0.05, 0) is 29.9 Å². The minimum absolute atomic E-state index is 0.541. The number of fused-ring (bicyclic) bond motifs is 1. The van der Waals surface area contributed by atoms with Crippen LogP contribution in [0, 0.1) is 11.8 Å². The Balaban J connectivity index is 1.70. The van der Waals surface area contributed by atoms with E-state index in [9.17, 15) is 0 Å². The van der Waals surface area contributed by atoms with Gasteiger partial charge in [0.15, 0.2) is 17.0 Å². The fourth-order valence-electron chi connectivity index (χ4n) is 3.74. The lowest BCUT2D eigenvalue weighted by Gasteiger charge is -2.35. The van der Waals surface area contributed by atoms with Crippen LogP contribution in [0.3, 0.4) is 0 Å². The summed E-state index contributed by atoms with van der Waals surface area (Å²) < 4.78 is 1.79. The molecule has 0 radical (unpaired) electrons. The zero-order valence-corrected chi connectivity index (χ0v) is 15.2. The molecule has 4 rings (SSSR count). The molecule has 25 heavy (non-hydrogen) atoms. The molecule has 0 N–H and O–H groups in total. The van der Waals surface area contributed by atoms with Gasteiger partial charge in [-0.2, -0.15) is 0 Å². The molecule has 0 amide bonds. The summed E-state index contributed by atoms with van der Waals surface area (Å²) in [5.74, 6) is 2.17. The highest BCUT2D eigenvalue weighted by Crippen LogP contribution is 2.28. The van der Waals surface area contributed by atoms with Crippen molar-refractivity contribution in [2.24, 2.45) is 11.8 Å². The van der Waals surface area contributed by atoms with Gasteiger partial charge in [0.05, 0.1) is 6.54 Å². The maximum atomic E-state index is 6.27. The number of hydrogen-bond acceptors (Lipinski definition) is 5. The van der Waals surface area contributed by atoms with E-state index in [-0.39, 0.29) is 0 Å². The maximum Gasteiger partial charge on any atom is 0.184 e. The van der Waals surface area contributed by atoms with Crippen molar-refractivity contribution in [2.75, 3.05) is 18.0 Å². The Bertz CT molecular complexity index is 882. The summed E-state index contributed by atoms with van der Waals surface area (Å²) >= 11 is 6.27. The molecule has 7 heteroatoms. The largest absolute Gasteiger partial charge is 0.354 e. The lowest BCUT2D eigenvalue weighted by atomic mass is 9.92. The predicted molar refractivity (Wildman–Crippen MR) is 98.8 cm³/mol. The summed E-state index contributed by atoms with van der Waals surface area (Å²) in [4.78, 5) is 11.2. The first-order valence-corrected chi connectivity index (χ1v) is 9.02. The normalized spacial score (nSPS) is 21.0. The van der Waals surface area contributed by atoms with Gasteiger partial charge in [-0.1, -0.05) is 48.9 Å². The van der Waals surface area contributed by atoms with Crippen LogP contribution in [0.15, 0.2) is 30.6 Å². The molecule has 1 aliphatic rings. The van der Waals surface area contributed by atoms with E-state index in [4.69, 9.17) is 11.6 Å². The molecule has 130 valence electrons. The minimum Gasteiger partial charge on any atom is -0.354 e. The average Bonchev–Trinajstić information content (AvgIpc) is 2.99. The molecular weight excluding hydrogens is 336 g/mol. The van der Waals surface area contributed by atoms with Crippen molar-refractivity contribution in [1.82, 2.24) is 25.0 Å². The van der Waals surface area contributed by atoms with Gasteiger partial charge in [0.1, 0.15) is 6.33 Å². The van der Waals surface area contributed by atoms with Crippen molar-refractivity contribution in [3.05, 3.63) is 41.2 Å². The quantitative estimate of drug-likeness (QED) is 0.719. The van der Waals surface area contributed by atoms with E-state index in [1.807, 2.05) is 24.3 Å². The van der Waals surface area contributed by atoms with Gasteiger partial charge < -0.3 is 4.90 Å². The van der Waals surface area contributed by atoms with E-state index in [0.29, 0.717) is 18.4 Å². The van der Waals surface area contributed by atoms with Crippen molar-refractivity contribution < 1.29 is 0 Å². The van der Waals surface area contributed by atoms with Crippen LogP contribution in [0.4, 0.5) is 5.82 Å². The topological polar surface area (TPSA) is 59.7 Å². The number of rotatable bonds is 3. The molecule has 3 heterocycles. The third-order valence-electron chi connectivity index (χ3n) is 4.73. The fraction of sp³-hybridized carbons (Fsp3) is 0.444. The SMILES string of the molecule is C[C@H]1C[C@H](C)CN(c2ncnc3c2nnn3Cc2ccccc2Cl)C1. The maximum absolute atomic E-state index is 6.27. The van der Waals surface area contributed by atoms with Gasteiger partial charge in [0.2, 0.25) is 0 Å². The molecule has 2 aromatic heterocycles. The van der Waals surface area contributed by atoms with Crippen LogP contribution in [0.25, 0.3) is 11.2 Å². The molecule has 1 saturated heterocycles. The molecular formula is C18H21ClN6. The first-order chi connectivity index (χ1) is 12.1. The molecule has 1 fully saturated rings. The van der Waals surface area contributed by atoms with Crippen molar-refractivity contribution in [2.45, 2.75) is 26.8 Å². The van der Waals surface area contributed by atoms with Gasteiger partial charge in [0.25, 0.3) is 0 Å². The Morgan fingerprint density at radius 1 is 1.12 bits per heavy atom. The number of nitrogens with zero attached hydrogens (tertiary/aromatic N) is 6. The number of aromatic nitrogens is 5. The Kier molecular flexibility index (Phi) is 4.29. The van der Waals surface area contributed by atoms with Crippen molar-refractivity contribution in [1.29, 1.82) is 0 Å². The van der Waals surface area contributed by atoms with Gasteiger partial charge in [-0.3, -0.25) is 0 Å². The summed E-state index contributed by atoms with van der Waals surface area (Å²) in [7, 11) is 0. The Hall–Kier alpha value is -2.21. The highest BCUT2D eigenvalue weighted by atomic mass is 35.5. The summed E-state index contributed by atoms with van der Waals surface area (Å²) in [5, 5.41) is 9.40. The van der Waals surface area contributed by atoms with Gasteiger partial charge >= 0.3 is 0 Å². The van der Waals surface area contributed by atoms with Crippen LogP contribution in [0.1, 0.15) is 25.8 Å². The minimum atomic E-state index is 0.541. The van der Waals surface area contributed by atoms with Crippen LogP contribution in [-0.2, 0) is 6.54 Å². The van der Waals surface area contributed by atoms with Crippen LogP contribution in [-0.4, -0.2) is 38.1 Å². The molecule has 1 aromatic carbocycles. The lowest BCUT2D eigenvalue weighted by Crippen LogP contribution is -2.39. The van der Waals surface area contributed by atoms with E-state index in [0.717, 1.165) is 40.7 Å². The van der Waals surface area contributed by atoms with Crippen molar-refractivity contribution >= 4 is 28.6 Å². The van der Waals surface area contributed by atoms with Crippen molar-refractivity contribution in [3.63, 3.8) is 0 Å². The van der Waals surface area contributed by atoms with Crippen LogP contribution in [0.2, 0.25) is 5.02 Å². The Morgan fingerprint density at radius 3 is 2.64 bits per heavy atom. The molecule has 0 unspecified atom stereocenters. The van der Waals surface area contributed by atoms with Crippen LogP contribution >= 0.6 is 11.6 Å². The van der Waals surface area contributed by atoms with Gasteiger partial charge in [-0.25, -0.2) is 14.6 Å². The molecule has 0 aliphatic carbocycles. The molecule has 2 atom stereocenters. The van der Waals surface area contributed by atoms with Gasteiger partial charge in [-0.15, -0.1) is 5.10 Å². The van der Waals surface area contributed by atoms with E-state index in [2.05, 4.69) is 39.0 Å². The number of hydrogen-bond donors (Lipinski definition) is 0. The zero-order valence-electron chi connectivity index (χ0n) is 14.4. The molecule has 1 aliphatic heterocycles. The first kappa shape index (κ1) is 16.3. The lowest BCUT2D eigenvalue weighted by molar-refractivity contribution is 0.355. The summed E-state index contributed by atoms with van der Waals surface area (Å²) in [6.07, 6.45) is 2.86. The van der Waals surface area contributed by atoms with E-state index in [1.54, 1.807) is 11.0 Å². The summed E-state index contributed by atoms with van der Waals surface area (Å²) in [6, 6.07) is 7.76. The predicted octanol–water partition coefficient (Wildman–Crippen LogP) is 3.41. The monoisotopic (exact) mass is 356 g/mol. The summed E-state index contributed by atoms with van der Waals surface area (Å²) in [6.45, 7) is 7.10. The van der Waals surface area contributed by atoms with E-state index >= 15 is 0 Å². The number of piperidine rings is 1. The van der Waals surface area contributed by atoms with Crippen LogP contribution in [0.5, 0.6) is 0 Å². The zero-order chi connectivity index (χ0) is 17.4. The Morgan fingerprint density at radius 2 is 1.88 bits per heavy atom. The van der Waals surface area contributed by atoms with E-state index < -0.39 is 0 Å². The smallest absolute Gasteiger partial charge is 0.184 e. The van der Waals surface area contributed by atoms with Crippen molar-refractivity contribution in [3.8, 4) is 0 Å². The second-order valence-electron chi connectivity index (χ2n) is 7.06. The summed E-state index contributed by atoms with van der Waals surface area (Å²) in [5.41, 5.74) is 2.50. The second kappa shape index (κ2) is 6.59. The third-order valence-corrected chi connectivity index (χ3v) is 5.10. The number of halogens is 1. The van der Waals surface area contributed by atoms with Gasteiger partial charge in [0, 0.05) is 18.1 Å².